The Morgan fingerprint density at radius 1 is 1.20 bits per heavy atom. The number of aryl methyl sites for hydroxylation is 2. The van der Waals surface area contributed by atoms with Crippen molar-refractivity contribution in [3.05, 3.63) is 47.5 Å². The average Bonchev–Trinajstić information content (AvgIpc) is 2.96. The lowest BCUT2D eigenvalue weighted by molar-refractivity contribution is 0.527. The summed E-state index contributed by atoms with van der Waals surface area (Å²) in [5.41, 5.74) is 3.83. The largest absolute Gasteiger partial charge is 0.305 e. The minimum atomic E-state index is 0.190. The van der Waals surface area contributed by atoms with Crippen LogP contribution in [0.4, 0.5) is 0 Å². The SMILES string of the molecule is CCCNC(c1ccncc1CC)c1ccnn1CC. The molecular formula is C16H24N4. The molecule has 0 bridgehead atoms. The molecule has 0 aliphatic heterocycles. The van der Waals surface area contributed by atoms with Crippen molar-refractivity contribution in [2.75, 3.05) is 6.54 Å². The van der Waals surface area contributed by atoms with Crippen LogP contribution < -0.4 is 5.32 Å². The first-order valence-corrected chi connectivity index (χ1v) is 7.49. The van der Waals surface area contributed by atoms with Crippen molar-refractivity contribution in [2.24, 2.45) is 0 Å². The Morgan fingerprint density at radius 2 is 2.05 bits per heavy atom. The fourth-order valence-corrected chi connectivity index (χ4v) is 2.53. The zero-order valence-electron chi connectivity index (χ0n) is 12.6. The average molecular weight is 272 g/mol. The molecule has 1 atom stereocenters. The second-order valence-corrected chi connectivity index (χ2v) is 4.89. The van der Waals surface area contributed by atoms with Crippen molar-refractivity contribution in [1.29, 1.82) is 0 Å². The predicted octanol–water partition coefficient (Wildman–Crippen LogP) is 2.95. The molecular weight excluding hydrogens is 248 g/mol. The summed E-state index contributed by atoms with van der Waals surface area (Å²) in [7, 11) is 0. The van der Waals surface area contributed by atoms with Gasteiger partial charge in [0.05, 0.1) is 11.7 Å². The highest BCUT2D eigenvalue weighted by Gasteiger charge is 2.19. The summed E-state index contributed by atoms with van der Waals surface area (Å²) in [5.74, 6) is 0. The third kappa shape index (κ3) is 3.07. The van der Waals surface area contributed by atoms with Crippen molar-refractivity contribution >= 4 is 0 Å². The molecule has 2 aromatic rings. The summed E-state index contributed by atoms with van der Waals surface area (Å²) < 4.78 is 2.06. The van der Waals surface area contributed by atoms with Crippen molar-refractivity contribution in [3.8, 4) is 0 Å². The molecule has 2 heterocycles. The van der Waals surface area contributed by atoms with E-state index >= 15 is 0 Å². The molecule has 0 amide bonds. The Kier molecular flexibility index (Phi) is 5.30. The van der Waals surface area contributed by atoms with Crippen molar-refractivity contribution in [2.45, 2.75) is 46.2 Å². The highest BCUT2D eigenvalue weighted by molar-refractivity contribution is 5.33. The molecule has 20 heavy (non-hydrogen) atoms. The van der Waals surface area contributed by atoms with Crippen LogP contribution in [0.15, 0.2) is 30.7 Å². The van der Waals surface area contributed by atoms with E-state index in [1.807, 2.05) is 18.6 Å². The van der Waals surface area contributed by atoms with Gasteiger partial charge in [0.25, 0.3) is 0 Å². The molecule has 0 saturated carbocycles. The van der Waals surface area contributed by atoms with Crippen molar-refractivity contribution in [3.63, 3.8) is 0 Å². The molecule has 4 nitrogen and oxygen atoms in total. The van der Waals surface area contributed by atoms with Gasteiger partial charge in [0, 0.05) is 25.1 Å². The Hall–Kier alpha value is -1.68. The van der Waals surface area contributed by atoms with Gasteiger partial charge >= 0.3 is 0 Å². The van der Waals surface area contributed by atoms with Crippen LogP contribution in [0.25, 0.3) is 0 Å². The van der Waals surface area contributed by atoms with E-state index in [4.69, 9.17) is 0 Å². The molecule has 0 saturated heterocycles. The lowest BCUT2D eigenvalue weighted by Gasteiger charge is -2.22. The standard InChI is InChI=1S/C16H24N4/c1-4-9-18-16(15-8-11-19-20(15)6-3)14-7-10-17-12-13(14)5-2/h7-8,10-12,16,18H,4-6,9H2,1-3H3. The molecule has 2 aromatic heterocycles. The van der Waals surface area contributed by atoms with E-state index in [2.05, 4.69) is 53.0 Å². The van der Waals surface area contributed by atoms with E-state index in [-0.39, 0.29) is 6.04 Å². The Labute approximate surface area is 121 Å². The molecule has 1 unspecified atom stereocenters. The number of nitrogens with one attached hydrogen (secondary N) is 1. The van der Waals surface area contributed by atoms with Gasteiger partial charge in [-0.25, -0.2) is 0 Å². The molecule has 0 fully saturated rings. The highest BCUT2D eigenvalue weighted by Crippen LogP contribution is 2.25. The van der Waals surface area contributed by atoms with Crippen LogP contribution in [0, 0.1) is 0 Å². The highest BCUT2D eigenvalue weighted by atomic mass is 15.3. The third-order valence-electron chi connectivity index (χ3n) is 3.58. The number of nitrogens with zero attached hydrogens (tertiary/aromatic N) is 3. The number of hydrogen-bond acceptors (Lipinski definition) is 3. The van der Waals surface area contributed by atoms with Gasteiger partial charge in [0.1, 0.15) is 0 Å². The Morgan fingerprint density at radius 3 is 2.75 bits per heavy atom. The lowest BCUT2D eigenvalue weighted by Crippen LogP contribution is -2.26. The van der Waals surface area contributed by atoms with Gasteiger partial charge in [-0.1, -0.05) is 13.8 Å². The monoisotopic (exact) mass is 272 g/mol. The number of hydrogen-bond donors (Lipinski definition) is 1. The normalized spacial score (nSPS) is 12.6. The van der Waals surface area contributed by atoms with E-state index in [9.17, 15) is 0 Å². The van der Waals surface area contributed by atoms with E-state index in [1.54, 1.807) is 0 Å². The summed E-state index contributed by atoms with van der Waals surface area (Å²) in [4.78, 5) is 4.25. The zero-order chi connectivity index (χ0) is 14.4. The Balaban J connectivity index is 2.41. The first-order chi connectivity index (χ1) is 9.81. The zero-order valence-corrected chi connectivity index (χ0v) is 12.6. The van der Waals surface area contributed by atoms with Gasteiger partial charge in [0.15, 0.2) is 0 Å². The van der Waals surface area contributed by atoms with E-state index < -0.39 is 0 Å². The fraction of sp³-hybridized carbons (Fsp3) is 0.500. The Bertz CT molecular complexity index is 533. The van der Waals surface area contributed by atoms with Gasteiger partial charge < -0.3 is 5.32 Å². The molecule has 0 aliphatic rings. The number of rotatable bonds is 7. The maximum Gasteiger partial charge on any atom is 0.0752 e. The molecule has 2 rings (SSSR count). The third-order valence-corrected chi connectivity index (χ3v) is 3.58. The van der Waals surface area contributed by atoms with E-state index in [1.165, 1.54) is 16.8 Å². The number of aromatic nitrogens is 3. The van der Waals surface area contributed by atoms with Crippen LogP contribution in [0.5, 0.6) is 0 Å². The molecule has 0 aliphatic carbocycles. The summed E-state index contributed by atoms with van der Waals surface area (Å²) in [6.07, 6.45) is 7.84. The summed E-state index contributed by atoms with van der Waals surface area (Å²) in [6, 6.07) is 4.42. The summed E-state index contributed by atoms with van der Waals surface area (Å²) in [5, 5.41) is 8.05. The maximum absolute atomic E-state index is 4.41. The van der Waals surface area contributed by atoms with Gasteiger partial charge in [-0.2, -0.15) is 5.10 Å². The van der Waals surface area contributed by atoms with E-state index in [0.717, 1.165) is 25.9 Å². The fourth-order valence-electron chi connectivity index (χ4n) is 2.53. The van der Waals surface area contributed by atoms with Crippen LogP contribution >= 0.6 is 0 Å². The van der Waals surface area contributed by atoms with E-state index in [0.29, 0.717) is 0 Å². The molecule has 0 spiro atoms. The lowest BCUT2D eigenvalue weighted by atomic mass is 9.98. The first kappa shape index (κ1) is 14.7. The van der Waals surface area contributed by atoms with Crippen LogP contribution in [0.1, 0.15) is 50.1 Å². The molecule has 108 valence electrons. The minimum Gasteiger partial charge on any atom is -0.305 e. The van der Waals surface area contributed by atoms with Crippen LogP contribution in [0.3, 0.4) is 0 Å². The van der Waals surface area contributed by atoms with Crippen molar-refractivity contribution < 1.29 is 0 Å². The van der Waals surface area contributed by atoms with Crippen LogP contribution in [-0.2, 0) is 13.0 Å². The van der Waals surface area contributed by atoms with Gasteiger partial charge in [-0.15, -0.1) is 0 Å². The number of pyridine rings is 1. The summed E-state index contributed by atoms with van der Waals surface area (Å²) in [6.45, 7) is 8.37. The second-order valence-electron chi connectivity index (χ2n) is 4.89. The van der Waals surface area contributed by atoms with Gasteiger partial charge in [-0.3, -0.25) is 9.67 Å². The maximum atomic E-state index is 4.41. The molecule has 1 N–H and O–H groups in total. The molecule has 4 heteroatoms. The molecule has 0 radical (unpaired) electrons. The minimum absolute atomic E-state index is 0.190. The first-order valence-electron chi connectivity index (χ1n) is 7.49. The topological polar surface area (TPSA) is 42.7 Å². The molecule has 0 aromatic carbocycles. The quantitative estimate of drug-likeness (QED) is 0.842. The smallest absolute Gasteiger partial charge is 0.0752 e. The van der Waals surface area contributed by atoms with Crippen LogP contribution in [-0.4, -0.2) is 21.3 Å². The van der Waals surface area contributed by atoms with Crippen LogP contribution in [0.2, 0.25) is 0 Å². The van der Waals surface area contributed by atoms with Gasteiger partial charge in [-0.05, 0) is 49.6 Å². The second kappa shape index (κ2) is 7.20. The van der Waals surface area contributed by atoms with Crippen molar-refractivity contribution in [1.82, 2.24) is 20.1 Å². The van der Waals surface area contributed by atoms with Gasteiger partial charge in [0.2, 0.25) is 0 Å². The summed E-state index contributed by atoms with van der Waals surface area (Å²) >= 11 is 0. The predicted molar refractivity (Wildman–Crippen MR) is 81.7 cm³/mol.